The van der Waals surface area contributed by atoms with Crippen LogP contribution in [0, 0.1) is 0 Å². The predicted molar refractivity (Wildman–Crippen MR) is 82.1 cm³/mol. The van der Waals surface area contributed by atoms with Gasteiger partial charge < -0.3 is 14.8 Å². The summed E-state index contributed by atoms with van der Waals surface area (Å²) >= 11 is 0. The molecule has 0 spiro atoms. The van der Waals surface area contributed by atoms with Crippen molar-refractivity contribution in [3.05, 3.63) is 18.2 Å². The van der Waals surface area contributed by atoms with Gasteiger partial charge in [-0.2, -0.15) is 0 Å². The van der Waals surface area contributed by atoms with Crippen LogP contribution in [0.3, 0.4) is 0 Å². The molecule has 3 heterocycles. The van der Waals surface area contributed by atoms with Crippen molar-refractivity contribution in [2.75, 3.05) is 32.7 Å². The van der Waals surface area contributed by atoms with Crippen LogP contribution >= 0.6 is 0 Å². The van der Waals surface area contributed by atoms with Crippen LogP contribution in [0.15, 0.2) is 12.5 Å². The van der Waals surface area contributed by atoms with Crippen molar-refractivity contribution in [2.45, 2.75) is 51.0 Å². The Hall–Kier alpha value is -0.870. The summed E-state index contributed by atoms with van der Waals surface area (Å²) in [5.74, 6) is 0.715. The molecular weight excluding hydrogens is 248 g/mol. The number of aromatic nitrogens is 2. The van der Waals surface area contributed by atoms with E-state index in [0.29, 0.717) is 12.0 Å². The molecule has 2 fully saturated rings. The van der Waals surface area contributed by atoms with Crippen LogP contribution < -0.4 is 5.32 Å². The fourth-order valence-electron chi connectivity index (χ4n) is 3.79. The van der Waals surface area contributed by atoms with Crippen molar-refractivity contribution in [3.8, 4) is 0 Å². The minimum Gasteiger partial charge on any atom is -0.331 e. The van der Waals surface area contributed by atoms with E-state index in [1.165, 1.54) is 57.4 Å². The third-order valence-electron chi connectivity index (χ3n) is 4.94. The second kappa shape index (κ2) is 6.72. The SMILES string of the molecule is CCCN1CCC(n2cncc2C2CCNCC2)CC1. The molecule has 0 radical (unpaired) electrons. The predicted octanol–water partition coefficient (Wildman–Crippen LogP) is 2.40. The molecule has 2 aliphatic rings. The lowest BCUT2D eigenvalue weighted by molar-refractivity contribution is 0.184. The number of likely N-dealkylation sites (tertiary alicyclic amines) is 1. The van der Waals surface area contributed by atoms with Gasteiger partial charge in [0.2, 0.25) is 0 Å². The van der Waals surface area contributed by atoms with Gasteiger partial charge in [-0.3, -0.25) is 0 Å². The summed E-state index contributed by atoms with van der Waals surface area (Å²) in [4.78, 5) is 7.07. The fourth-order valence-corrected chi connectivity index (χ4v) is 3.79. The van der Waals surface area contributed by atoms with Crippen LogP contribution in [0.25, 0.3) is 0 Å². The van der Waals surface area contributed by atoms with E-state index in [0.717, 1.165) is 13.1 Å². The zero-order valence-corrected chi connectivity index (χ0v) is 12.7. The lowest BCUT2D eigenvalue weighted by Crippen LogP contribution is -2.36. The maximum atomic E-state index is 4.46. The van der Waals surface area contributed by atoms with Gasteiger partial charge in [0, 0.05) is 36.9 Å². The van der Waals surface area contributed by atoms with Crippen LogP contribution in [-0.2, 0) is 0 Å². The van der Waals surface area contributed by atoms with E-state index in [1.54, 1.807) is 0 Å². The first-order valence-corrected chi connectivity index (χ1v) is 8.33. The molecule has 4 heteroatoms. The van der Waals surface area contributed by atoms with E-state index in [9.17, 15) is 0 Å². The monoisotopic (exact) mass is 276 g/mol. The molecule has 0 amide bonds. The second-order valence-electron chi connectivity index (χ2n) is 6.32. The summed E-state index contributed by atoms with van der Waals surface area (Å²) in [5.41, 5.74) is 1.49. The lowest BCUT2D eigenvalue weighted by atomic mass is 9.94. The van der Waals surface area contributed by atoms with Crippen molar-refractivity contribution in [3.63, 3.8) is 0 Å². The summed E-state index contributed by atoms with van der Waals surface area (Å²) in [5, 5.41) is 3.46. The van der Waals surface area contributed by atoms with E-state index in [4.69, 9.17) is 0 Å². The first-order chi connectivity index (χ1) is 9.88. The minimum atomic E-state index is 0.676. The second-order valence-corrected chi connectivity index (χ2v) is 6.32. The van der Waals surface area contributed by atoms with Crippen molar-refractivity contribution >= 4 is 0 Å². The maximum Gasteiger partial charge on any atom is 0.0950 e. The standard InChI is InChI=1S/C16H28N4/c1-2-9-19-10-5-15(6-11-19)20-13-18-12-16(20)14-3-7-17-8-4-14/h12-15,17H,2-11H2,1H3. The Balaban J connectivity index is 1.64. The summed E-state index contributed by atoms with van der Waals surface area (Å²) < 4.78 is 2.50. The van der Waals surface area contributed by atoms with Crippen LogP contribution in [0.2, 0.25) is 0 Å². The highest BCUT2D eigenvalue weighted by atomic mass is 15.2. The zero-order chi connectivity index (χ0) is 13.8. The largest absolute Gasteiger partial charge is 0.331 e. The fraction of sp³-hybridized carbons (Fsp3) is 0.812. The maximum absolute atomic E-state index is 4.46. The Kier molecular flexibility index (Phi) is 4.73. The highest BCUT2D eigenvalue weighted by Gasteiger charge is 2.25. The minimum absolute atomic E-state index is 0.676. The lowest BCUT2D eigenvalue weighted by Gasteiger charge is -2.34. The van der Waals surface area contributed by atoms with Crippen LogP contribution in [0.5, 0.6) is 0 Å². The van der Waals surface area contributed by atoms with Gasteiger partial charge in [-0.05, 0) is 51.7 Å². The van der Waals surface area contributed by atoms with Crippen molar-refractivity contribution in [1.29, 1.82) is 0 Å². The van der Waals surface area contributed by atoms with Gasteiger partial charge in [-0.1, -0.05) is 6.92 Å². The molecule has 1 aromatic heterocycles. The zero-order valence-electron chi connectivity index (χ0n) is 12.7. The molecule has 0 aliphatic carbocycles. The van der Waals surface area contributed by atoms with Crippen molar-refractivity contribution in [2.24, 2.45) is 0 Å². The van der Waals surface area contributed by atoms with E-state index < -0.39 is 0 Å². The van der Waals surface area contributed by atoms with Gasteiger partial charge in [-0.15, -0.1) is 0 Å². The first-order valence-electron chi connectivity index (χ1n) is 8.33. The highest BCUT2D eigenvalue weighted by Crippen LogP contribution is 2.30. The Bertz CT molecular complexity index is 400. The van der Waals surface area contributed by atoms with Gasteiger partial charge in [0.05, 0.1) is 6.33 Å². The average Bonchev–Trinajstić information content (AvgIpc) is 2.99. The molecule has 0 aromatic carbocycles. The molecular formula is C16H28N4. The van der Waals surface area contributed by atoms with Gasteiger partial charge in [0.1, 0.15) is 0 Å². The molecule has 1 N–H and O–H groups in total. The van der Waals surface area contributed by atoms with Crippen LogP contribution in [0.4, 0.5) is 0 Å². The molecule has 0 atom stereocenters. The molecule has 0 unspecified atom stereocenters. The van der Waals surface area contributed by atoms with E-state index in [2.05, 4.69) is 39.2 Å². The molecule has 112 valence electrons. The first kappa shape index (κ1) is 14.1. The summed E-state index contributed by atoms with van der Waals surface area (Å²) in [6.45, 7) is 8.36. The van der Waals surface area contributed by atoms with Crippen LogP contribution in [-0.4, -0.2) is 47.2 Å². The van der Waals surface area contributed by atoms with E-state index in [-0.39, 0.29) is 0 Å². The molecule has 2 aliphatic heterocycles. The third-order valence-corrected chi connectivity index (χ3v) is 4.94. The topological polar surface area (TPSA) is 33.1 Å². The van der Waals surface area contributed by atoms with Crippen molar-refractivity contribution in [1.82, 2.24) is 19.8 Å². The van der Waals surface area contributed by atoms with E-state index in [1.807, 2.05) is 0 Å². The van der Waals surface area contributed by atoms with Crippen LogP contribution in [0.1, 0.15) is 56.7 Å². The summed E-state index contributed by atoms with van der Waals surface area (Å²) in [7, 11) is 0. The van der Waals surface area contributed by atoms with Gasteiger partial charge in [0.15, 0.2) is 0 Å². The Morgan fingerprint density at radius 3 is 2.65 bits per heavy atom. The highest BCUT2D eigenvalue weighted by molar-refractivity contribution is 5.09. The third kappa shape index (κ3) is 3.07. The molecule has 0 bridgehead atoms. The quantitative estimate of drug-likeness (QED) is 0.916. The molecule has 1 aromatic rings. The smallest absolute Gasteiger partial charge is 0.0950 e. The number of hydrogen-bond acceptors (Lipinski definition) is 3. The summed E-state index contributed by atoms with van der Waals surface area (Å²) in [6, 6.07) is 0.676. The average molecular weight is 276 g/mol. The van der Waals surface area contributed by atoms with E-state index >= 15 is 0 Å². The normalized spacial score (nSPS) is 23.2. The number of rotatable bonds is 4. The number of hydrogen-bond donors (Lipinski definition) is 1. The number of nitrogens with zero attached hydrogens (tertiary/aromatic N) is 3. The van der Waals surface area contributed by atoms with Crippen molar-refractivity contribution < 1.29 is 0 Å². The molecule has 3 rings (SSSR count). The Morgan fingerprint density at radius 1 is 1.20 bits per heavy atom. The molecule has 0 saturated carbocycles. The number of nitrogens with one attached hydrogen (secondary N) is 1. The number of piperidine rings is 2. The Labute approximate surface area is 122 Å². The van der Waals surface area contributed by atoms with Gasteiger partial charge in [-0.25, -0.2) is 4.98 Å². The molecule has 4 nitrogen and oxygen atoms in total. The van der Waals surface area contributed by atoms with Gasteiger partial charge >= 0.3 is 0 Å². The van der Waals surface area contributed by atoms with Gasteiger partial charge in [0.25, 0.3) is 0 Å². The Morgan fingerprint density at radius 2 is 1.95 bits per heavy atom. The summed E-state index contributed by atoms with van der Waals surface area (Å²) in [6.07, 6.45) is 10.6. The molecule has 2 saturated heterocycles. The number of imidazole rings is 1. The molecule has 20 heavy (non-hydrogen) atoms.